The third-order valence-corrected chi connectivity index (χ3v) is 5.53. The number of nitriles is 1. The standard InChI is InChI=1S/C17H14Cl2N4OS/c1-10-13-8-15(16(24)22(2)6-5-20)25-17(13)23(21-10)9-11-3-4-12(18)7-14(11)19/h3-4,7-8H,6,9H2,1-2H3. The molecule has 8 heteroatoms. The highest BCUT2D eigenvalue weighted by Crippen LogP contribution is 2.30. The first-order valence-electron chi connectivity index (χ1n) is 7.44. The summed E-state index contributed by atoms with van der Waals surface area (Å²) in [6.45, 7) is 2.45. The van der Waals surface area contributed by atoms with Crippen molar-refractivity contribution in [2.45, 2.75) is 13.5 Å². The molecule has 0 aliphatic rings. The van der Waals surface area contributed by atoms with Crippen molar-refractivity contribution in [2.24, 2.45) is 0 Å². The van der Waals surface area contributed by atoms with Crippen LogP contribution in [0.4, 0.5) is 0 Å². The molecule has 3 aromatic rings. The Kier molecular flexibility index (Phi) is 5.00. The van der Waals surface area contributed by atoms with Gasteiger partial charge >= 0.3 is 0 Å². The van der Waals surface area contributed by atoms with Gasteiger partial charge in [-0.1, -0.05) is 29.3 Å². The van der Waals surface area contributed by atoms with Crippen LogP contribution >= 0.6 is 34.5 Å². The molecule has 0 aliphatic carbocycles. The molecule has 0 atom stereocenters. The van der Waals surface area contributed by atoms with Gasteiger partial charge < -0.3 is 4.90 Å². The Morgan fingerprint density at radius 3 is 2.84 bits per heavy atom. The van der Waals surface area contributed by atoms with Crippen LogP contribution in [0.1, 0.15) is 20.9 Å². The zero-order chi connectivity index (χ0) is 18.1. The molecule has 0 saturated heterocycles. The van der Waals surface area contributed by atoms with Gasteiger partial charge in [0.2, 0.25) is 0 Å². The summed E-state index contributed by atoms with van der Waals surface area (Å²) in [5.41, 5.74) is 1.75. The zero-order valence-electron chi connectivity index (χ0n) is 13.6. The lowest BCUT2D eigenvalue weighted by Crippen LogP contribution is -2.26. The molecule has 25 heavy (non-hydrogen) atoms. The summed E-state index contributed by atoms with van der Waals surface area (Å²) in [6.07, 6.45) is 0. The van der Waals surface area contributed by atoms with Crippen molar-refractivity contribution in [3.05, 3.63) is 50.4 Å². The predicted octanol–water partition coefficient (Wildman–Crippen LogP) is 4.36. The number of hydrogen-bond donors (Lipinski definition) is 0. The Morgan fingerprint density at radius 1 is 1.40 bits per heavy atom. The molecule has 0 radical (unpaired) electrons. The second-order valence-corrected chi connectivity index (χ2v) is 7.50. The highest BCUT2D eigenvalue weighted by atomic mass is 35.5. The highest BCUT2D eigenvalue weighted by Gasteiger charge is 2.19. The molecular formula is C17H14Cl2N4OS. The first kappa shape index (κ1) is 17.7. The van der Waals surface area contributed by atoms with Crippen molar-refractivity contribution in [3.8, 4) is 6.07 Å². The molecule has 128 valence electrons. The molecule has 3 rings (SSSR count). The molecule has 2 heterocycles. The first-order valence-corrected chi connectivity index (χ1v) is 9.01. The van der Waals surface area contributed by atoms with Crippen molar-refractivity contribution in [1.29, 1.82) is 5.26 Å². The van der Waals surface area contributed by atoms with Crippen LogP contribution in [0.15, 0.2) is 24.3 Å². The Balaban J connectivity index is 1.97. The maximum absolute atomic E-state index is 12.4. The molecule has 0 N–H and O–H groups in total. The van der Waals surface area contributed by atoms with E-state index in [0.29, 0.717) is 21.5 Å². The summed E-state index contributed by atoms with van der Waals surface area (Å²) in [4.78, 5) is 15.3. The van der Waals surface area contributed by atoms with E-state index in [0.717, 1.165) is 21.5 Å². The third-order valence-electron chi connectivity index (χ3n) is 3.81. The molecule has 2 aromatic heterocycles. The van der Waals surface area contributed by atoms with Crippen LogP contribution in [0.25, 0.3) is 10.2 Å². The SMILES string of the molecule is Cc1nn(Cc2ccc(Cl)cc2Cl)c2sc(C(=O)N(C)CC#N)cc12. The smallest absolute Gasteiger partial charge is 0.264 e. The number of nitrogens with zero attached hydrogens (tertiary/aromatic N) is 4. The lowest BCUT2D eigenvalue weighted by Gasteiger charge is -2.10. The maximum Gasteiger partial charge on any atom is 0.264 e. The normalized spacial score (nSPS) is 10.8. The minimum absolute atomic E-state index is 0.0541. The number of fused-ring (bicyclic) bond motifs is 1. The minimum atomic E-state index is -0.168. The molecule has 1 amide bonds. The molecule has 0 bridgehead atoms. The van der Waals surface area contributed by atoms with Gasteiger partial charge in [0.1, 0.15) is 11.4 Å². The van der Waals surface area contributed by atoms with Crippen molar-refractivity contribution in [2.75, 3.05) is 13.6 Å². The summed E-state index contributed by atoms with van der Waals surface area (Å²) in [7, 11) is 1.61. The number of aromatic nitrogens is 2. The van der Waals surface area contributed by atoms with Crippen LogP contribution in [0.3, 0.4) is 0 Å². The summed E-state index contributed by atoms with van der Waals surface area (Å²) in [5.74, 6) is -0.168. The fraction of sp³-hybridized carbons (Fsp3) is 0.235. The summed E-state index contributed by atoms with van der Waals surface area (Å²) in [5, 5.41) is 15.4. The van der Waals surface area contributed by atoms with Gasteiger partial charge in [0.25, 0.3) is 5.91 Å². The van der Waals surface area contributed by atoms with E-state index in [1.54, 1.807) is 19.2 Å². The molecule has 0 saturated carbocycles. The average Bonchev–Trinajstić information content (AvgIpc) is 3.11. The highest BCUT2D eigenvalue weighted by molar-refractivity contribution is 7.20. The van der Waals surface area contributed by atoms with Gasteiger partial charge in [0.15, 0.2) is 0 Å². The summed E-state index contributed by atoms with van der Waals surface area (Å²) >= 11 is 13.6. The zero-order valence-corrected chi connectivity index (χ0v) is 15.9. The van der Waals surface area contributed by atoms with Crippen LogP contribution in [-0.4, -0.2) is 34.2 Å². The van der Waals surface area contributed by atoms with Crippen LogP contribution in [0.2, 0.25) is 10.0 Å². The lowest BCUT2D eigenvalue weighted by molar-refractivity contribution is 0.0816. The quantitative estimate of drug-likeness (QED) is 0.619. The maximum atomic E-state index is 12.4. The van der Waals surface area contributed by atoms with E-state index in [2.05, 4.69) is 5.10 Å². The molecule has 1 aromatic carbocycles. The molecule has 0 aliphatic heterocycles. The number of rotatable bonds is 4. The second kappa shape index (κ2) is 7.04. The number of thiophene rings is 1. The van der Waals surface area contributed by atoms with E-state index in [1.165, 1.54) is 16.2 Å². The number of carbonyl (C=O) groups excluding carboxylic acids is 1. The van der Waals surface area contributed by atoms with Crippen molar-refractivity contribution >= 4 is 50.7 Å². The number of carbonyl (C=O) groups is 1. The van der Waals surface area contributed by atoms with Gasteiger partial charge in [0.05, 0.1) is 23.2 Å². The van der Waals surface area contributed by atoms with Crippen molar-refractivity contribution in [1.82, 2.24) is 14.7 Å². The van der Waals surface area contributed by atoms with Crippen molar-refractivity contribution in [3.63, 3.8) is 0 Å². The topological polar surface area (TPSA) is 61.9 Å². The van der Waals surface area contributed by atoms with E-state index in [1.807, 2.05) is 29.8 Å². The van der Waals surface area contributed by atoms with E-state index in [9.17, 15) is 4.79 Å². The summed E-state index contributed by atoms with van der Waals surface area (Å²) < 4.78 is 1.84. The predicted molar refractivity (Wildman–Crippen MR) is 100 cm³/mol. The lowest BCUT2D eigenvalue weighted by atomic mass is 10.2. The number of amides is 1. The van der Waals surface area contributed by atoms with E-state index in [4.69, 9.17) is 28.5 Å². The third kappa shape index (κ3) is 3.49. The first-order chi connectivity index (χ1) is 11.9. The van der Waals surface area contributed by atoms with Gasteiger partial charge in [-0.15, -0.1) is 11.3 Å². The molecule has 0 unspecified atom stereocenters. The van der Waals surface area contributed by atoms with Gasteiger partial charge in [-0.05, 0) is 30.7 Å². The van der Waals surface area contributed by atoms with Gasteiger partial charge in [-0.2, -0.15) is 10.4 Å². The van der Waals surface area contributed by atoms with Crippen LogP contribution < -0.4 is 0 Å². The fourth-order valence-electron chi connectivity index (χ4n) is 2.50. The Labute approximate surface area is 159 Å². The Hall–Kier alpha value is -2.07. The van der Waals surface area contributed by atoms with Crippen LogP contribution in [0.5, 0.6) is 0 Å². The van der Waals surface area contributed by atoms with E-state index >= 15 is 0 Å². The van der Waals surface area contributed by atoms with E-state index in [-0.39, 0.29) is 12.5 Å². The summed E-state index contributed by atoms with van der Waals surface area (Å²) in [6, 6.07) is 9.17. The number of aryl methyl sites for hydroxylation is 1. The van der Waals surface area contributed by atoms with Crippen LogP contribution in [0, 0.1) is 18.3 Å². The molecular weight excluding hydrogens is 379 g/mol. The number of hydrogen-bond acceptors (Lipinski definition) is 4. The second-order valence-electron chi connectivity index (χ2n) is 5.63. The average molecular weight is 393 g/mol. The molecule has 0 fully saturated rings. The van der Waals surface area contributed by atoms with Gasteiger partial charge in [-0.25, -0.2) is 0 Å². The number of halogens is 2. The largest absolute Gasteiger partial charge is 0.328 e. The monoisotopic (exact) mass is 392 g/mol. The van der Waals surface area contributed by atoms with Crippen LogP contribution in [-0.2, 0) is 6.54 Å². The van der Waals surface area contributed by atoms with Gasteiger partial charge in [0, 0.05) is 22.5 Å². The van der Waals surface area contributed by atoms with Gasteiger partial charge in [-0.3, -0.25) is 9.48 Å². The van der Waals surface area contributed by atoms with E-state index < -0.39 is 0 Å². The Bertz CT molecular complexity index is 1000. The molecule has 0 spiro atoms. The fourth-order valence-corrected chi connectivity index (χ4v) is 4.13. The molecule has 5 nitrogen and oxygen atoms in total. The minimum Gasteiger partial charge on any atom is -0.328 e. The Morgan fingerprint density at radius 2 is 2.16 bits per heavy atom. The number of benzene rings is 1. The van der Waals surface area contributed by atoms with Crippen molar-refractivity contribution < 1.29 is 4.79 Å².